The van der Waals surface area contributed by atoms with Crippen LogP contribution in [0.25, 0.3) is 0 Å². The van der Waals surface area contributed by atoms with Crippen LogP contribution in [0.5, 0.6) is 0 Å². The Kier molecular flexibility index (Phi) is 3.54. The number of nitrogens with two attached hydrogens (primary N) is 1. The summed E-state index contributed by atoms with van der Waals surface area (Å²) in [5.74, 6) is 0.875. The van der Waals surface area contributed by atoms with Crippen LogP contribution < -0.4 is 5.73 Å². The maximum atomic E-state index is 6.20. The Morgan fingerprint density at radius 2 is 2.05 bits per heavy atom. The van der Waals surface area contributed by atoms with E-state index >= 15 is 0 Å². The molecule has 1 atom stereocenters. The molecule has 104 valence electrons. The molecule has 0 spiro atoms. The number of rotatable bonds is 2. The molecule has 4 nitrogen and oxygen atoms in total. The predicted molar refractivity (Wildman–Crippen MR) is 73.7 cm³/mol. The molecule has 1 saturated carbocycles. The molecule has 3 rings (SSSR count). The summed E-state index contributed by atoms with van der Waals surface area (Å²) in [7, 11) is 1.78. The number of aromatic nitrogens is 2. The number of fused-ring (bicyclic) bond motifs is 1. The third-order valence-corrected chi connectivity index (χ3v) is 4.69. The van der Waals surface area contributed by atoms with E-state index in [2.05, 4.69) is 4.98 Å². The van der Waals surface area contributed by atoms with Gasteiger partial charge < -0.3 is 10.5 Å². The first kappa shape index (κ1) is 13.0. The summed E-state index contributed by atoms with van der Waals surface area (Å²) in [5, 5.41) is 0. The van der Waals surface area contributed by atoms with Crippen LogP contribution in [0.2, 0.25) is 0 Å². The van der Waals surface area contributed by atoms with Crippen molar-refractivity contribution in [3.05, 3.63) is 23.3 Å². The van der Waals surface area contributed by atoms with Gasteiger partial charge in [-0.3, -0.25) is 0 Å². The van der Waals surface area contributed by atoms with Crippen LogP contribution in [0.3, 0.4) is 0 Å². The Morgan fingerprint density at radius 1 is 1.26 bits per heavy atom. The maximum absolute atomic E-state index is 6.20. The fourth-order valence-corrected chi connectivity index (χ4v) is 3.43. The van der Waals surface area contributed by atoms with E-state index in [4.69, 9.17) is 15.5 Å². The minimum absolute atomic E-state index is 0.105. The van der Waals surface area contributed by atoms with E-state index in [0.29, 0.717) is 0 Å². The second-order valence-electron chi connectivity index (χ2n) is 5.85. The van der Waals surface area contributed by atoms with Crippen molar-refractivity contribution in [2.24, 2.45) is 5.73 Å². The molecule has 0 radical (unpaired) electrons. The highest BCUT2D eigenvalue weighted by Crippen LogP contribution is 2.40. The normalized spacial score (nSPS) is 25.9. The third-order valence-electron chi connectivity index (χ3n) is 4.69. The first-order chi connectivity index (χ1) is 9.25. The Morgan fingerprint density at radius 3 is 2.79 bits per heavy atom. The summed E-state index contributed by atoms with van der Waals surface area (Å²) < 4.78 is 5.78. The molecule has 1 aromatic rings. The molecule has 0 aromatic carbocycles. The zero-order valence-electron chi connectivity index (χ0n) is 11.7. The molecule has 1 aromatic heterocycles. The van der Waals surface area contributed by atoms with Gasteiger partial charge in [0.2, 0.25) is 0 Å². The quantitative estimate of drug-likeness (QED) is 0.831. The van der Waals surface area contributed by atoms with Gasteiger partial charge in [0.15, 0.2) is 5.82 Å². The van der Waals surface area contributed by atoms with Crippen molar-refractivity contribution in [2.45, 2.75) is 63.0 Å². The molecule has 2 aliphatic rings. The molecule has 0 amide bonds. The lowest BCUT2D eigenvalue weighted by Crippen LogP contribution is -2.28. The van der Waals surface area contributed by atoms with Crippen molar-refractivity contribution >= 4 is 0 Å². The summed E-state index contributed by atoms with van der Waals surface area (Å²) in [6, 6.07) is 0.105. The molecule has 0 aliphatic heterocycles. The number of ether oxygens (including phenoxy) is 1. The zero-order valence-corrected chi connectivity index (χ0v) is 11.7. The zero-order chi connectivity index (χ0) is 13.3. The van der Waals surface area contributed by atoms with Crippen molar-refractivity contribution in [3.8, 4) is 0 Å². The molecule has 19 heavy (non-hydrogen) atoms. The standard InChI is InChI=1S/C15H23N3O/c1-19-15(8-4-5-9-15)14-17-10-11-12(16)6-2-3-7-13(11)18-14/h10,12H,2-9,16H2,1H3. The summed E-state index contributed by atoms with van der Waals surface area (Å²) in [6.07, 6.45) is 10.9. The Labute approximate surface area is 114 Å². The van der Waals surface area contributed by atoms with Crippen molar-refractivity contribution in [2.75, 3.05) is 7.11 Å². The molecule has 0 saturated heterocycles. The second-order valence-corrected chi connectivity index (χ2v) is 5.85. The van der Waals surface area contributed by atoms with Crippen LogP contribution in [0.15, 0.2) is 6.20 Å². The molecule has 1 unspecified atom stereocenters. The minimum Gasteiger partial charge on any atom is -0.370 e. The van der Waals surface area contributed by atoms with Gasteiger partial charge in [0.25, 0.3) is 0 Å². The molecular formula is C15H23N3O. The molecule has 1 fully saturated rings. The monoisotopic (exact) mass is 261 g/mol. The number of hydrogen-bond acceptors (Lipinski definition) is 4. The fourth-order valence-electron chi connectivity index (χ4n) is 3.43. The van der Waals surface area contributed by atoms with E-state index in [1.54, 1.807) is 7.11 Å². The van der Waals surface area contributed by atoms with Gasteiger partial charge in [0.1, 0.15) is 5.60 Å². The highest BCUT2D eigenvalue weighted by molar-refractivity contribution is 5.24. The van der Waals surface area contributed by atoms with E-state index in [-0.39, 0.29) is 11.6 Å². The van der Waals surface area contributed by atoms with E-state index < -0.39 is 0 Å². The topological polar surface area (TPSA) is 61.0 Å². The first-order valence-electron chi connectivity index (χ1n) is 7.42. The molecule has 2 aliphatic carbocycles. The van der Waals surface area contributed by atoms with Crippen LogP contribution >= 0.6 is 0 Å². The Bertz CT molecular complexity index is 455. The van der Waals surface area contributed by atoms with Crippen LogP contribution in [-0.2, 0) is 16.8 Å². The predicted octanol–water partition coefficient (Wildman–Crippen LogP) is 2.62. The summed E-state index contributed by atoms with van der Waals surface area (Å²) in [5.41, 5.74) is 8.25. The Hall–Kier alpha value is -1.00. The van der Waals surface area contributed by atoms with E-state index in [0.717, 1.165) is 42.8 Å². The number of nitrogens with zero attached hydrogens (tertiary/aromatic N) is 2. The van der Waals surface area contributed by atoms with Crippen LogP contribution in [0.4, 0.5) is 0 Å². The summed E-state index contributed by atoms with van der Waals surface area (Å²) in [4.78, 5) is 9.43. The molecular weight excluding hydrogens is 238 g/mol. The first-order valence-corrected chi connectivity index (χ1v) is 7.42. The van der Waals surface area contributed by atoms with Gasteiger partial charge in [0, 0.05) is 30.6 Å². The lowest BCUT2D eigenvalue weighted by molar-refractivity contribution is -0.0165. The van der Waals surface area contributed by atoms with Crippen molar-refractivity contribution in [1.82, 2.24) is 9.97 Å². The van der Waals surface area contributed by atoms with Crippen molar-refractivity contribution < 1.29 is 4.74 Å². The van der Waals surface area contributed by atoms with Gasteiger partial charge in [-0.15, -0.1) is 0 Å². The van der Waals surface area contributed by atoms with Gasteiger partial charge >= 0.3 is 0 Å². The number of hydrogen-bond donors (Lipinski definition) is 1. The largest absolute Gasteiger partial charge is 0.370 e. The van der Waals surface area contributed by atoms with E-state index in [1.807, 2.05) is 6.20 Å². The smallest absolute Gasteiger partial charge is 0.160 e. The van der Waals surface area contributed by atoms with Crippen molar-refractivity contribution in [3.63, 3.8) is 0 Å². The van der Waals surface area contributed by atoms with Gasteiger partial charge in [-0.2, -0.15) is 0 Å². The highest BCUT2D eigenvalue weighted by atomic mass is 16.5. The number of aryl methyl sites for hydroxylation is 1. The maximum Gasteiger partial charge on any atom is 0.160 e. The van der Waals surface area contributed by atoms with Crippen LogP contribution in [0, 0.1) is 0 Å². The molecule has 0 bridgehead atoms. The second kappa shape index (κ2) is 5.17. The van der Waals surface area contributed by atoms with Crippen LogP contribution in [0.1, 0.15) is 68.1 Å². The molecule has 4 heteroatoms. The minimum atomic E-state index is -0.245. The third kappa shape index (κ3) is 2.28. The van der Waals surface area contributed by atoms with Crippen LogP contribution in [-0.4, -0.2) is 17.1 Å². The number of methoxy groups -OCH3 is 1. The van der Waals surface area contributed by atoms with E-state index in [1.165, 1.54) is 25.7 Å². The Balaban J connectivity index is 1.98. The summed E-state index contributed by atoms with van der Waals surface area (Å²) >= 11 is 0. The lowest BCUT2D eigenvalue weighted by atomic mass is 9.99. The van der Waals surface area contributed by atoms with Crippen molar-refractivity contribution in [1.29, 1.82) is 0 Å². The summed E-state index contributed by atoms with van der Waals surface area (Å²) in [6.45, 7) is 0. The average molecular weight is 261 g/mol. The SMILES string of the molecule is COC1(c2ncc3c(n2)CCCCC3N)CCCC1. The lowest BCUT2D eigenvalue weighted by Gasteiger charge is -2.26. The average Bonchev–Trinajstić information content (AvgIpc) is 2.86. The highest BCUT2D eigenvalue weighted by Gasteiger charge is 2.39. The fraction of sp³-hybridized carbons (Fsp3) is 0.733. The van der Waals surface area contributed by atoms with Gasteiger partial charge in [-0.05, 0) is 44.9 Å². The van der Waals surface area contributed by atoms with Gasteiger partial charge in [-0.25, -0.2) is 9.97 Å². The molecule has 2 N–H and O–H groups in total. The molecule has 1 heterocycles. The van der Waals surface area contributed by atoms with Gasteiger partial charge in [-0.1, -0.05) is 6.42 Å². The van der Waals surface area contributed by atoms with E-state index in [9.17, 15) is 0 Å². The van der Waals surface area contributed by atoms with Gasteiger partial charge in [0.05, 0.1) is 0 Å².